The van der Waals surface area contributed by atoms with Gasteiger partial charge in [-0.25, -0.2) is 0 Å². The lowest BCUT2D eigenvalue weighted by Crippen LogP contribution is -2.30. The molecule has 0 radical (unpaired) electrons. The Morgan fingerprint density at radius 1 is 1.11 bits per heavy atom. The van der Waals surface area contributed by atoms with Gasteiger partial charge in [0.05, 0.1) is 6.10 Å². The maximum atomic E-state index is 5.99. The summed E-state index contributed by atoms with van der Waals surface area (Å²) in [5.41, 5.74) is 1.39. The summed E-state index contributed by atoms with van der Waals surface area (Å²) in [6, 6.07) is 9.22. The van der Waals surface area contributed by atoms with Crippen molar-refractivity contribution in [1.29, 1.82) is 0 Å². The predicted octanol–water partition coefficient (Wildman–Crippen LogP) is 3.39. The van der Waals surface area contributed by atoms with Gasteiger partial charge in [0.1, 0.15) is 5.75 Å². The Bertz CT molecular complexity index is 367. The Hall–Kier alpha value is -0.670. The van der Waals surface area contributed by atoms with Crippen molar-refractivity contribution in [3.05, 3.63) is 29.8 Å². The second kappa shape index (κ2) is 5.98. The van der Waals surface area contributed by atoms with Crippen LogP contribution in [0.3, 0.4) is 0 Å². The smallest absolute Gasteiger partial charge is 0.119 e. The second-order valence-corrected chi connectivity index (χ2v) is 6.32. The molecule has 0 bridgehead atoms. The third kappa shape index (κ3) is 3.01. The Labute approximate surface area is 113 Å². The Morgan fingerprint density at radius 3 is 2.56 bits per heavy atom. The van der Waals surface area contributed by atoms with Gasteiger partial charge >= 0.3 is 0 Å². The minimum atomic E-state index is 0.458. The number of hydrogen-bond donors (Lipinski definition) is 1. The predicted molar refractivity (Wildman–Crippen MR) is 77.4 cm³/mol. The van der Waals surface area contributed by atoms with Crippen molar-refractivity contribution in [2.24, 2.45) is 0 Å². The second-order valence-electron chi connectivity index (χ2n) is 5.17. The summed E-state index contributed by atoms with van der Waals surface area (Å²) < 4.78 is 5.99. The molecule has 1 aliphatic carbocycles. The van der Waals surface area contributed by atoms with E-state index < -0.39 is 0 Å². The molecule has 1 atom stereocenters. The van der Waals surface area contributed by atoms with Gasteiger partial charge in [-0.3, -0.25) is 0 Å². The van der Waals surface area contributed by atoms with Crippen molar-refractivity contribution in [2.45, 2.75) is 37.8 Å². The van der Waals surface area contributed by atoms with Crippen LogP contribution in [0.1, 0.15) is 37.3 Å². The number of hydrogen-bond acceptors (Lipinski definition) is 3. The van der Waals surface area contributed by atoms with Crippen molar-refractivity contribution in [1.82, 2.24) is 5.32 Å². The number of benzene rings is 1. The highest BCUT2D eigenvalue weighted by molar-refractivity contribution is 7.99. The average molecular weight is 263 g/mol. The molecule has 1 aromatic carbocycles. The van der Waals surface area contributed by atoms with Crippen molar-refractivity contribution < 1.29 is 4.74 Å². The number of nitrogens with one attached hydrogen (secondary N) is 1. The minimum absolute atomic E-state index is 0.458. The van der Waals surface area contributed by atoms with E-state index in [1.54, 1.807) is 0 Å². The lowest BCUT2D eigenvalue weighted by molar-refractivity contribution is 0.210. The first-order valence-corrected chi connectivity index (χ1v) is 8.15. The molecule has 98 valence electrons. The molecular formula is C15H21NOS. The van der Waals surface area contributed by atoms with E-state index in [2.05, 4.69) is 29.6 Å². The zero-order valence-corrected chi connectivity index (χ0v) is 11.5. The molecule has 3 rings (SSSR count). The van der Waals surface area contributed by atoms with E-state index >= 15 is 0 Å². The highest BCUT2D eigenvalue weighted by Gasteiger charge is 2.17. The van der Waals surface area contributed by atoms with Crippen molar-refractivity contribution in [2.75, 3.05) is 18.1 Å². The molecule has 1 heterocycles. The minimum Gasteiger partial charge on any atom is -0.490 e. The van der Waals surface area contributed by atoms with Gasteiger partial charge in [0.2, 0.25) is 0 Å². The third-order valence-electron chi connectivity index (χ3n) is 3.81. The molecular weight excluding hydrogens is 242 g/mol. The molecule has 0 spiro atoms. The fourth-order valence-corrected chi connectivity index (χ4v) is 3.73. The Kier molecular flexibility index (Phi) is 4.11. The standard InChI is InChI=1S/C15H21NOS/c1-2-4-13(3-1)17-14-7-5-12(6-8-14)15-11-18-10-9-16-15/h5-8,13,15-16H,1-4,9-11H2. The first-order valence-electron chi connectivity index (χ1n) is 6.99. The third-order valence-corrected chi connectivity index (χ3v) is 4.87. The summed E-state index contributed by atoms with van der Waals surface area (Å²) in [7, 11) is 0. The molecule has 1 saturated carbocycles. The molecule has 3 heteroatoms. The fraction of sp³-hybridized carbons (Fsp3) is 0.600. The number of rotatable bonds is 3. The quantitative estimate of drug-likeness (QED) is 0.903. The van der Waals surface area contributed by atoms with Crippen LogP contribution in [0.25, 0.3) is 0 Å². The van der Waals surface area contributed by atoms with Gasteiger partial charge in [-0.05, 0) is 43.4 Å². The van der Waals surface area contributed by atoms with Crippen LogP contribution in [0, 0.1) is 0 Å². The Morgan fingerprint density at radius 2 is 1.89 bits per heavy atom. The summed E-state index contributed by atoms with van der Waals surface area (Å²) in [5, 5.41) is 3.57. The SMILES string of the molecule is c1cc(C2CSCCN2)ccc1OC1CCCC1. The largest absolute Gasteiger partial charge is 0.490 e. The molecule has 18 heavy (non-hydrogen) atoms. The zero-order valence-electron chi connectivity index (χ0n) is 10.7. The van der Waals surface area contributed by atoms with E-state index in [4.69, 9.17) is 4.74 Å². The van der Waals surface area contributed by atoms with Gasteiger partial charge in [-0.15, -0.1) is 0 Å². The van der Waals surface area contributed by atoms with Gasteiger partial charge in [0.25, 0.3) is 0 Å². The van der Waals surface area contributed by atoms with Gasteiger partial charge in [-0.2, -0.15) is 11.8 Å². The first kappa shape index (κ1) is 12.4. The van der Waals surface area contributed by atoms with Crippen LogP contribution in [0.5, 0.6) is 5.75 Å². The average Bonchev–Trinajstić information content (AvgIpc) is 2.94. The van der Waals surface area contributed by atoms with Crippen LogP contribution >= 0.6 is 11.8 Å². The molecule has 1 saturated heterocycles. The normalized spacial score (nSPS) is 25.2. The van der Waals surface area contributed by atoms with Gasteiger partial charge in [-0.1, -0.05) is 12.1 Å². The van der Waals surface area contributed by atoms with E-state index in [0.717, 1.165) is 12.3 Å². The molecule has 2 fully saturated rings. The van der Waals surface area contributed by atoms with Crippen LogP contribution < -0.4 is 10.1 Å². The monoisotopic (exact) mass is 263 g/mol. The molecule has 1 unspecified atom stereocenters. The Balaban J connectivity index is 1.60. The van der Waals surface area contributed by atoms with E-state index in [9.17, 15) is 0 Å². The zero-order chi connectivity index (χ0) is 12.2. The number of ether oxygens (including phenoxy) is 1. The topological polar surface area (TPSA) is 21.3 Å². The highest BCUT2D eigenvalue weighted by Crippen LogP contribution is 2.27. The number of thioether (sulfide) groups is 1. The summed E-state index contributed by atoms with van der Waals surface area (Å²) in [4.78, 5) is 0. The summed E-state index contributed by atoms with van der Waals surface area (Å²) >= 11 is 2.03. The first-order chi connectivity index (χ1) is 8.92. The van der Waals surface area contributed by atoms with Gasteiger partial charge in [0, 0.05) is 24.1 Å². The van der Waals surface area contributed by atoms with Crippen molar-refractivity contribution >= 4 is 11.8 Å². The summed E-state index contributed by atoms with van der Waals surface area (Å²) in [5.74, 6) is 3.46. The maximum Gasteiger partial charge on any atom is 0.119 e. The molecule has 1 N–H and O–H groups in total. The molecule has 2 nitrogen and oxygen atoms in total. The molecule has 0 aromatic heterocycles. The molecule has 2 aliphatic rings. The van der Waals surface area contributed by atoms with Crippen LogP contribution in [-0.4, -0.2) is 24.2 Å². The lowest BCUT2D eigenvalue weighted by Gasteiger charge is -2.23. The van der Waals surface area contributed by atoms with E-state index in [1.807, 2.05) is 11.8 Å². The molecule has 0 amide bonds. The lowest BCUT2D eigenvalue weighted by atomic mass is 10.1. The van der Waals surface area contributed by atoms with Crippen molar-refractivity contribution in [3.63, 3.8) is 0 Å². The van der Waals surface area contributed by atoms with Gasteiger partial charge < -0.3 is 10.1 Å². The maximum absolute atomic E-state index is 5.99. The molecule has 1 aromatic rings. The van der Waals surface area contributed by atoms with E-state index in [0.29, 0.717) is 12.1 Å². The molecule has 1 aliphatic heterocycles. The summed E-state index contributed by atoms with van der Waals surface area (Å²) in [6.07, 6.45) is 5.56. The van der Waals surface area contributed by atoms with Crippen LogP contribution in [0.15, 0.2) is 24.3 Å². The van der Waals surface area contributed by atoms with Gasteiger partial charge in [0.15, 0.2) is 0 Å². The highest BCUT2D eigenvalue weighted by atomic mass is 32.2. The van der Waals surface area contributed by atoms with Crippen LogP contribution in [0.4, 0.5) is 0 Å². The van der Waals surface area contributed by atoms with Crippen molar-refractivity contribution in [3.8, 4) is 5.75 Å². The summed E-state index contributed by atoms with van der Waals surface area (Å²) in [6.45, 7) is 1.12. The van der Waals surface area contributed by atoms with E-state index in [-0.39, 0.29) is 0 Å². The fourth-order valence-electron chi connectivity index (χ4n) is 2.76. The van der Waals surface area contributed by atoms with E-state index in [1.165, 1.54) is 42.8 Å². The van der Waals surface area contributed by atoms with Crippen LogP contribution in [0.2, 0.25) is 0 Å². The van der Waals surface area contributed by atoms with Crippen LogP contribution in [-0.2, 0) is 0 Å².